The van der Waals surface area contributed by atoms with Crippen LogP contribution in [-0.2, 0) is 0 Å². The lowest BCUT2D eigenvalue weighted by atomic mass is 10.1. The van der Waals surface area contributed by atoms with Gasteiger partial charge in [-0.15, -0.1) is 0 Å². The second kappa shape index (κ2) is 4.05. The van der Waals surface area contributed by atoms with Crippen LogP contribution in [0.5, 0.6) is 5.75 Å². The summed E-state index contributed by atoms with van der Waals surface area (Å²) in [4.78, 5) is 10.5. The molecule has 1 aromatic carbocycles. The van der Waals surface area contributed by atoms with Crippen LogP contribution in [-0.4, -0.2) is 18.5 Å². The average molecular weight is 180 g/mol. The van der Waals surface area contributed by atoms with Gasteiger partial charge in [-0.2, -0.15) is 0 Å². The van der Waals surface area contributed by atoms with Gasteiger partial charge in [-0.25, -0.2) is 0 Å². The van der Waals surface area contributed by atoms with Crippen LogP contribution in [0.15, 0.2) is 18.2 Å². The minimum Gasteiger partial charge on any atom is -0.496 e. The molecule has 3 nitrogen and oxygen atoms in total. The van der Waals surface area contributed by atoms with Gasteiger partial charge in [0.15, 0.2) is 0 Å². The van der Waals surface area contributed by atoms with Crippen LogP contribution in [0.2, 0.25) is 0 Å². The summed E-state index contributed by atoms with van der Waals surface area (Å²) in [6, 6.07) is 4.94. The van der Waals surface area contributed by atoms with Crippen LogP contribution in [0, 0.1) is 0 Å². The summed E-state index contributed by atoms with van der Waals surface area (Å²) in [5.41, 5.74) is 1.17. The molecule has 0 aliphatic carbocycles. The molecule has 3 heteroatoms. The molecule has 0 fully saturated rings. The molecule has 0 aliphatic heterocycles. The summed E-state index contributed by atoms with van der Waals surface area (Å²) in [5.74, 6) is 0.598. The lowest BCUT2D eigenvalue weighted by Gasteiger charge is -2.10. The van der Waals surface area contributed by atoms with Crippen molar-refractivity contribution in [2.45, 2.75) is 13.0 Å². The predicted octanol–water partition coefficient (Wildman–Crippen LogP) is 1.56. The van der Waals surface area contributed by atoms with E-state index in [0.29, 0.717) is 16.9 Å². The van der Waals surface area contributed by atoms with Crippen LogP contribution < -0.4 is 4.74 Å². The number of ether oxygens (including phenoxy) is 1. The first kappa shape index (κ1) is 9.74. The number of aliphatic hydroxyl groups excluding tert-OH is 1. The van der Waals surface area contributed by atoms with Crippen LogP contribution in [0.3, 0.4) is 0 Å². The molecule has 0 aromatic heterocycles. The maximum Gasteiger partial charge on any atom is 0.150 e. The Balaban J connectivity index is 3.17. The van der Waals surface area contributed by atoms with Crippen molar-refractivity contribution in [3.8, 4) is 5.75 Å². The molecular formula is C10H12O3. The van der Waals surface area contributed by atoms with E-state index in [9.17, 15) is 9.90 Å². The lowest BCUT2D eigenvalue weighted by molar-refractivity contribution is 0.112. The van der Waals surface area contributed by atoms with Crippen LogP contribution in [0.1, 0.15) is 28.9 Å². The highest BCUT2D eigenvalue weighted by Crippen LogP contribution is 2.25. The van der Waals surface area contributed by atoms with Gasteiger partial charge in [0, 0.05) is 11.1 Å². The number of aliphatic hydroxyl groups is 1. The molecule has 0 spiro atoms. The highest BCUT2D eigenvalue weighted by molar-refractivity contribution is 5.75. The maximum atomic E-state index is 10.5. The molecule has 0 bridgehead atoms. The predicted molar refractivity (Wildman–Crippen MR) is 49.0 cm³/mol. The van der Waals surface area contributed by atoms with Gasteiger partial charge in [0.05, 0.1) is 13.2 Å². The number of aldehydes is 1. The summed E-state index contributed by atoms with van der Waals surface area (Å²) in [7, 11) is 1.53. The standard InChI is InChI=1S/C10H12O3/c1-7(12)9-5-8(6-11)3-4-10(9)13-2/h3-7,12H,1-2H3. The Morgan fingerprint density at radius 1 is 1.54 bits per heavy atom. The van der Waals surface area contributed by atoms with Crippen LogP contribution >= 0.6 is 0 Å². The number of carbonyl (C=O) groups excluding carboxylic acids is 1. The zero-order chi connectivity index (χ0) is 9.84. The minimum atomic E-state index is -0.630. The van der Waals surface area contributed by atoms with E-state index in [0.717, 1.165) is 6.29 Å². The van der Waals surface area contributed by atoms with E-state index < -0.39 is 6.10 Å². The van der Waals surface area contributed by atoms with Crippen molar-refractivity contribution >= 4 is 6.29 Å². The fourth-order valence-electron chi connectivity index (χ4n) is 1.15. The monoisotopic (exact) mass is 180 g/mol. The van der Waals surface area contributed by atoms with Gasteiger partial charge < -0.3 is 9.84 Å². The quantitative estimate of drug-likeness (QED) is 0.718. The Morgan fingerprint density at radius 3 is 2.69 bits per heavy atom. The van der Waals surface area contributed by atoms with Gasteiger partial charge in [0.1, 0.15) is 12.0 Å². The first-order valence-electron chi connectivity index (χ1n) is 4.00. The molecule has 0 heterocycles. The molecule has 0 radical (unpaired) electrons. The smallest absolute Gasteiger partial charge is 0.150 e. The van der Waals surface area contributed by atoms with E-state index in [1.165, 1.54) is 7.11 Å². The van der Waals surface area contributed by atoms with Crippen molar-refractivity contribution in [1.29, 1.82) is 0 Å². The number of rotatable bonds is 3. The molecular weight excluding hydrogens is 168 g/mol. The molecule has 13 heavy (non-hydrogen) atoms. The van der Waals surface area contributed by atoms with Gasteiger partial charge in [-0.05, 0) is 25.1 Å². The summed E-state index contributed by atoms with van der Waals surface area (Å²) < 4.78 is 5.03. The zero-order valence-electron chi connectivity index (χ0n) is 7.65. The van der Waals surface area contributed by atoms with E-state index >= 15 is 0 Å². The molecule has 1 atom stereocenters. The summed E-state index contributed by atoms with van der Waals surface area (Å²) in [5, 5.41) is 9.36. The molecule has 0 aliphatic rings. The Kier molecular flexibility index (Phi) is 3.03. The van der Waals surface area contributed by atoms with Gasteiger partial charge in [0.25, 0.3) is 0 Å². The van der Waals surface area contributed by atoms with E-state index in [1.807, 2.05) is 0 Å². The molecule has 0 amide bonds. The van der Waals surface area contributed by atoms with E-state index in [4.69, 9.17) is 4.74 Å². The molecule has 1 N–H and O–H groups in total. The number of hydrogen-bond donors (Lipinski definition) is 1. The Bertz CT molecular complexity index is 305. The summed E-state index contributed by atoms with van der Waals surface area (Å²) in [6.45, 7) is 1.63. The molecule has 70 valence electrons. The zero-order valence-corrected chi connectivity index (χ0v) is 7.65. The van der Waals surface area contributed by atoms with E-state index in [2.05, 4.69) is 0 Å². The third kappa shape index (κ3) is 2.06. The third-order valence-corrected chi connectivity index (χ3v) is 1.84. The fraction of sp³-hybridized carbons (Fsp3) is 0.300. The van der Waals surface area contributed by atoms with Crippen LogP contribution in [0.4, 0.5) is 0 Å². The molecule has 1 rings (SSSR count). The molecule has 1 aromatic rings. The van der Waals surface area contributed by atoms with Gasteiger partial charge in [-0.3, -0.25) is 4.79 Å². The average Bonchev–Trinajstić information content (AvgIpc) is 2.16. The Hall–Kier alpha value is -1.35. The van der Waals surface area contributed by atoms with Gasteiger partial charge in [0.2, 0.25) is 0 Å². The second-order valence-corrected chi connectivity index (χ2v) is 2.80. The van der Waals surface area contributed by atoms with Crippen molar-refractivity contribution in [3.05, 3.63) is 29.3 Å². The maximum absolute atomic E-state index is 10.5. The minimum absolute atomic E-state index is 0.539. The number of methoxy groups -OCH3 is 1. The Morgan fingerprint density at radius 2 is 2.23 bits per heavy atom. The van der Waals surface area contributed by atoms with Crippen molar-refractivity contribution in [3.63, 3.8) is 0 Å². The third-order valence-electron chi connectivity index (χ3n) is 1.84. The van der Waals surface area contributed by atoms with Crippen molar-refractivity contribution in [1.82, 2.24) is 0 Å². The normalized spacial score (nSPS) is 12.2. The van der Waals surface area contributed by atoms with Crippen LogP contribution in [0.25, 0.3) is 0 Å². The highest BCUT2D eigenvalue weighted by Gasteiger charge is 2.08. The summed E-state index contributed by atoms with van der Waals surface area (Å²) >= 11 is 0. The number of carbonyl (C=O) groups is 1. The SMILES string of the molecule is COc1ccc(C=O)cc1C(C)O. The largest absolute Gasteiger partial charge is 0.496 e. The fourth-order valence-corrected chi connectivity index (χ4v) is 1.15. The van der Waals surface area contributed by atoms with E-state index in [-0.39, 0.29) is 0 Å². The topological polar surface area (TPSA) is 46.5 Å². The van der Waals surface area contributed by atoms with Crippen molar-refractivity contribution in [2.75, 3.05) is 7.11 Å². The van der Waals surface area contributed by atoms with E-state index in [1.54, 1.807) is 25.1 Å². The van der Waals surface area contributed by atoms with Gasteiger partial charge in [-0.1, -0.05) is 0 Å². The summed E-state index contributed by atoms with van der Waals surface area (Å²) in [6.07, 6.45) is 0.112. The second-order valence-electron chi connectivity index (χ2n) is 2.80. The molecule has 0 saturated carbocycles. The van der Waals surface area contributed by atoms with Crippen molar-refractivity contribution < 1.29 is 14.6 Å². The first-order chi connectivity index (χ1) is 6.19. The molecule has 0 saturated heterocycles. The number of benzene rings is 1. The lowest BCUT2D eigenvalue weighted by Crippen LogP contribution is -1.97. The first-order valence-corrected chi connectivity index (χ1v) is 4.00. The van der Waals surface area contributed by atoms with Crippen molar-refractivity contribution in [2.24, 2.45) is 0 Å². The van der Waals surface area contributed by atoms with Gasteiger partial charge >= 0.3 is 0 Å². The Labute approximate surface area is 77.0 Å². The highest BCUT2D eigenvalue weighted by atomic mass is 16.5. The number of hydrogen-bond acceptors (Lipinski definition) is 3. The molecule has 1 unspecified atom stereocenters.